The molecule has 1 unspecified atom stereocenters. The lowest BCUT2D eigenvalue weighted by Gasteiger charge is -2.37. The molecule has 0 radical (unpaired) electrons. The number of rotatable bonds is 6. The van der Waals surface area contributed by atoms with Crippen LogP contribution in [0.3, 0.4) is 0 Å². The van der Waals surface area contributed by atoms with Crippen LogP contribution >= 0.6 is 0 Å². The first-order valence-electron chi connectivity index (χ1n) is 8.61. The van der Waals surface area contributed by atoms with Crippen LogP contribution in [0.1, 0.15) is 12.5 Å². The number of nitrogens with one attached hydrogen (secondary N) is 1. The molecule has 2 rings (SSSR count). The molecular formula is C19H26FN3O4. The van der Waals surface area contributed by atoms with Gasteiger partial charge >= 0.3 is 0 Å². The van der Waals surface area contributed by atoms with Crippen molar-refractivity contribution in [2.45, 2.75) is 19.0 Å². The van der Waals surface area contributed by atoms with Crippen LogP contribution in [0.25, 0.3) is 0 Å². The van der Waals surface area contributed by atoms with Crippen molar-refractivity contribution in [3.05, 3.63) is 41.9 Å². The first-order chi connectivity index (χ1) is 12.8. The fourth-order valence-corrected chi connectivity index (χ4v) is 2.76. The maximum absolute atomic E-state index is 14.1. The summed E-state index contributed by atoms with van der Waals surface area (Å²) >= 11 is 0. The Morgan fingerprint density at radius 2 is 2.15 bits per heavy atom. The predicted molar refractivity (Wildman–Crippen MR) is 98.6 cm³/mol. The molecule has 1 aliphatic heterocycles. The normalized spacial score (nSPS) is 19.7. The summed E-state index contributed by atoms with van der Waals surface area (Å²) in [5.41, 5.74) is -0.825. The number of carbonyl (C=O) groups excluding carboxylic acids is 2. The van der Waals surface area contributed by atoms with Gasteiger partial charge in [-0.15, -0.1) is 0 Å². The molecule has 1 aromatic carbocycles. The molecule has 0 saturated carbocycles. The van der Waals surface area contributed by atoms with Crippen LogP contribution in [-0.4, -0.2) is 68.1 Å². The third-order valence-electron chi connectivity index (χ3n) is 4.62. The van der Waals surface area contributed by atoms with E-state index in [1.165, 1.54) is 24.3 Å². The molecule has 0 fully saturated rings. The van der Waals surface area contributed by atoms with Gasteiger partial charge in [-0.2, -0.15) is 0 Å². The van der Waals surface area contributed by atoms with Crippen LogP contribution in [0.2, 0.25) is 0 Å². The summed E-state index contributed by atoms with van der Waals surface area (Å²) in [6.45, 7) is 2.19. The SMILES string of the molecule is COc1cccc(F)c1CNC(=O)C1(C)COC=CCN1CC(=O)N(C)C. The van der Waals surface area contributed by atoms with Crippen molar-refractivity contribution in [3.63, 3.8) is 0 Å². The Kier molecular flexibility index (Phi) is 6.79. The molecule has 0 aliphatic carbocycles. The number of methoxy groups -OCH3 is 1. The number of benzene rings is 1. The number of hydrogen-bond acceptors (Lipinski definition) is 5. The summed E-state index contributed by atoms with van der Waals surface area (Å²) in [7, 11) is 4.77. The molecule has 2 amide bonds. The van der Waals surface area contributed by atoms with E-state index < -0.39 is 11.4 Å². The monoisotopic (exact) mass is 379 g/mol. The van der Waals surface area contributed by atoms with E-state index in [1.54, 1.807) is 44.1 Å². The third kappa shape index (κ3) is 4.77. The fraction of sp³-hybridized carbons (Fsp3) is 0.474. The van der Waals surface area contributed by atoms with E-state index in [-0.39, 0.29) is 37.1 Å². The van der Waals surface area contributed by atoms with Crippen LogP contribution < -0.4 is 10.1 Å². The molecular weight excluding hydrogens is 353 g/mol. The quantitative estimate of drug-likeness (QED) is 0.803. The number of amides is 2. The third-order valence-corrected chi connectivity index (χ3v) is 4.62. The molecule has 1 N–H and O–H groups in total. The fourth-order valence-electron chi connectivity index (χ4n) is 2.76. The number of halogens is 1. The number of hydrogen-bond donors (Lipinski definition) is 1. The second-order valence-corrected chi connectivity index (χ2v) is 6.73. The molecule has 0 aromatic heterocycles. The smallest absolute Gasteiger partial charge is 0.244 e. The van der Waals surface area contributed by atoms with Crippen molar-refractivity contribution in [2.75, 3.05) is 40.9 Å². The second kappa shape index (κ2) is 8.85. The Hall–Kier alpha value is -2.61. The largest absolute Gasteiger partial charge is 0.499 e. The van der Waals surface area contributed by atoms with Gasteiger partial charge in [0.05, 0.1) is 19.9 Å². The molecule has 0 bridgehead atoms. The predicted octanol–water partition coefficient (Wildman–Crippen LogP) is 1.14. The summed E-state index contributed by atoms with van der Waals surface area (Å²) in [6, 6.07) is 4.49. The van der Waals surface area contributed by atoms with Crippen molar-refractivity contribution < 1.29 is 23.5 Å². The topological polar surface area (TPSA) is 71.1 Å². The van der Waals surface area contributed by atoms with Crippen molar-refractivity contribution in [1.82, 2.24) is 15.1 Å². The summed E-state index contributed by atoms with van der Waals surface area (Å²) in [4.78, 5) is 28.3. The van der Waals surface area contributed by atoms with E-state index in [9.17, 15) is 14.0 Å². The number of carbonyl (C=O) groups is 2. The van der Waals surface area contributed by atoms with E-state index in [0.29, 0.717) is 12.3 Å². The van der Waals surface area contributed by atoms with Gasteiger partial charge in [-0.3, -0.25) is 14.5 Å². The Morgan fingerprint density at radius 3 is 2.81 bits per heavy atom. The van der Waals surface area contributed by atoms with Crippen LogP contribution in [0, 0.1) is 5.82 Å². The molecule has 1 heterocycles. The summed E-state index contributed by atoms with van der Waals surface area (Å²) < 4.78 is 24.7. The molecule has 8 heteroatoms. The van der Waals surface area contributed by atoms with E-state index >= 15 is 0 Å². The van der Waals surface area contributed by atoms with Gasteiger partial charge in [0.1, 0.15) is 23.7 Å². The van der Waals surface area contributed by atoms with Gasteiger partial charge in [0.2, 0.25) is 11.8 Å². The number of nitrogens with zero attached hydrogens (tertiary/aromatic N) is 2. The standard InChI is InChI=1S/C19H26FN3O4/c1-19(13-27-10-6-9-23(19)12-17(24)22(2)3)18(25)21-11-14-15(20)7-5-8-16(14)26-4/h5-8,10H,9,11-13H2,1-4H3,(H,21,25). The van der Waals surface area contributed by atoms with Gasteiger partial charge in [0.15, 0.2) is 0 Å². The van der Waals surface area contributed by atoms with Crippen molar-refractivity contribution in [1.29, 1.82) is 0 Å². The van der Waals surface area contributed by atoms with Gasteiger partial charge in [-0.25, -0.2) is 4.39 Å². The second-order valence-electron chi connectivity index (χ2n) is 6.73. The lowest BCUT2D eigenvalue weighted by Crippen LogP contribution is -2.60. The molecule has 27 heavy (non-hydrogen) atoms. The van der Waals surface area contributed by atoms with Crippen LogP contribution in [-0.2, 0) is 20.9 Å². The number of likely N-dealkylation sites (N-methyl/N-ethyl adjacent to an activating group) is 1. The lowest BCUT2D eigenvalue weighted by atomic mass is 9.99. The van der Waals surface area contributed by atoms with Crippen LogP contribution in [0.4, 0.5) is 4.39 Å². The minimum absolute atomic E-state index is 0.0346. The van der Waals surface area contributed by atoms with Gasteiger partial charge < -0.3 is 19.7 Å². The zero-order valence-electron chi connectivity index (χ0n) is 16.1. The highest BCUT2D eigenvalue weighted by molar-refractivity contribution is 5.87. The average molecular weight is 379 g/mol. The zero-order chi connectivity index (χ0) is 20.0. The Balaban J connectivity index is 2.17. The first kappa shape index (κ1) is 20.7. The van der Waals surface area contributed by atoms with Gasteiger partial charge in [0.25, 0.3) is 0 Å². The van der Waals surface area contributed by atoms with Crippen molar-refractivity contribution in [2.24, 2.45) is 0 Å². The molecule has 0 spiro atoms. The van der Waals surface area contributed by atoms with Gasteiger partial charge in [-0.1, -0.05) is 6.07 Å². The highest BCUT2D eigenvalue weighted by Crippen LogP contribution is 2.23. The van der Waals surface area contributed by atoms with Crippen LogP contribution in [0.15, 0.2) is 30.5 Å². The van der Waals surface area contributed by atoms with Gasteiger partial charge in [-0.05, 0) is 25.1 Å². The van der Waals surface area contributed by atoms with Gasteiger partial charge in [0, 0.05) is 32.7 Å². The maximum Gasteiger partial charge on any atom is 0.244 e. The highest BCUT2D eigenvalue weighted by atomic mass is 19.1. The highest BCUT2D eigenvalue weighted by Gasteiger charge is 2.41. The van der Waals surface area contributed by atoms with Crippen molar-refractivity contribution in [3.8, 4) is 5.75 Å². The molecule has 1 atom stereocenters. The summed E-state index contributed by atoms with van der Waals surface area (Å²) in [6.07, 6.45) is 3.27. The Bertz CT molecular complexity index is 723. The summed E-state index contributed by atoms with van der Waals surface area (Å²) in [5.74, 6) is -0.583. The lowest BCUT2D eigenvalue weighted by molar-refractivity contribution is -0.139. The molecule has 1 aromatic rings. The molecule has 1 aliphatic rings. The molecule has 7 nitrogen and oxygen atoms in total. The zero-order valence-corrected chi connectivity index (χ0v) is 16.1. The minimum atomic E-state index is -1.09. The van der Waals surface area contributed by atoms with E-state index in [2.05, 4.69) is 5.32 Å². The molecule has 0 saturated heterocycles. The average Bonchev–Trinajstić information content (AvgIpc) is 2.82. The first-order valence-corrected chi connectivity index (χ1v) is 8.61. The van der Waals surface area contributed by atoms with E-state index in [0.717, 1.165) is 0 Å². The minimum Gasteiger partial charge on any atom is -0.499 e. The van der Waals surface area contributed by atoms with Crippen LogP contribution in [0.5, 0.6) is 5.75 Å². The van der Waals surface area contributed by atoms with E-state index in [1.807, 2.05) is 0 Å². The van der Waals surface area contributed by atoms with Crippen molar-refractivity contribution >= 4 is 11.8 Å². The number of ether oxygens (including phenoxy) is 2. The molecule has 148 valence electrons. The summed E-state index contributed by atoms with van der Waals surface area (Å²) in [5, 5.41) is 2.75. The maximum atomic E-state index is 14.1. The Labute approximate surface area is 158 Å². The Morgan fingerprint density at radius 1 is 1.41 bits per heavy atom. The van der Waals surface area contributed by atoms with E-state index in [4.69, 9.17) is 9.47 Å².